The van der Waals surface area contributed by atoms with Crippen LogP contribution >= 0.6 is 11.8 Å². The lowest BCUT2D eigenvalue weighted by Crippen LogP contribution is -2.29. The number of amides is 2. The molecule has 92 valence electrons. The quantitative estimate of drug-likeness (QED) is 0.437. The van der Waals surface area contributed by atoms with E-state index in [1.54, 1.807) is 0 Å². The van der Waals surface area contributed by atoms with Gasteiger partial charge in [0.25, 0.3) is 5.91 Å². The third-order valence-electron chi connectivity index (χ3n) is 2.27. The van der Waals surface area contributed by atoms with Gasteiger partial charge in [0.1, 0.15) is 5.25 Å². The monoisotopic (exact) mass is 255 g/mol. The van der Waals surface area contributed by atoms with Gasteiger partial charge < -0.3 is 16.8 Å². The molecule has 17 heavy (non-hydrogen) atoms. The molecule has 0 saturated heterocycles. The minimum Gasteiger partial charge on any atom is -0.370 e. The van der Waals surface area contributed by atoms with Crippen LogP contribution in [0.25, 0.3) is 0 Å². The van der Waals surface area contributed by atoms with Crippen molar-refractivity contribution >= 4 is 34.7 Å². The van der Waals surface area contributed by atoms with Gasteiger partial charge in [-0.25, -0.2) is 0 Å². The molecule has 1 fully saturated rings. The lowest BCUT2D eigenvalue weighted by molar-refractivity contribution is -0.124. The standard InChI is InChI=1S/C9H13N5O2S/c10-8(11)14-9-13-7(16)5(17-9)3-6(15)12-4-1-2-4/h4-5H,1-3H2,(H,12,15)(H4,10,11,13,14,16)/t5-/m0/s1. The Kier molecular flexibility index (Phi) is 3.32. The number of amidine groups is 1. The Balaban J connectivity index is 1.85. The minimum atomic E-state index is -0.508. The number of nitrogens with one attached hydrogen (secondary N) is 1. The largest absolute Gasteiger partial charge is 0.370 e. The van der Waals surface area contributed by atoms with E-state index >= 15 is 0 Å². The molecule has 2 rings (SSSR count). The molecule has 0 aromatic rings. The predicted octanol–water partition coefficient (Wildman–Crippen LogP) is -1.07. The van der Waals surface area contributed by atoms with Gasteiger partial charge in [-0.05, 0) is 12.8 Å². The highest BCUT2D eigenvalue weighted by Crippen LogP contribution is 2.26. The van der Waals surface area contributed by atoms with Crippen LogP contribution in [0.3, 0.4) is 0 Å². The average Bonchev–Trinajstić information content (AvgIpc) is 2.93. The summed E-state index contributed by atoms with van der Waals surface area (Å²) >= 11 is 1.12. The Morgan fingerprint density at radius 3 is 2.82 bits per heavy atom. The number of nitrogens with zero attached hydrogens (tertiary/aromatic N) is 2. The van der Waals surface area contributed by atoms with Crippen LogP contribution < -0.4 is 16.8 Å². The first-order valence-corrected chi connectivity index (χ1v) is 6.11. The lowest BCUT2D eigenvalue weighted by Gasteiger charge is -2.06. The zero-order valence-corrected chi connectivity index (χ0v) is 9.87. The van der Waals surface area contributed by atoms with Crippen LogP contribution in [0.5, 0.6) is 0 Å². The summed E-state index contributed by atoms with van der Waals surface area (Å²) < 4.78 is 0. The molecular weight excluding hydrogens is 242 g/mol. The van der Waals surface area contributed by atoms with E-state index in [1.807, 2.05) is 0 Å². The van der Waals surface area contributed by atoms with E-state index in [1.165, 1.54) is 0 Å². The third-order valence-corrected chi connectivity index (χ3v) is 3.31. The second-order valence-corrected chi connectivity index (χ2v) is 5.09. The van der Waals surface area contributed by atoms with Gasteiger partial charge in [0.05, 0.1) is 0 Å². The Labute approximate surface area is 102 Å². The van der Waals surface area contributed by atoms with Crippen LogP contribution in [0.15, 0.2) is 9.98 Å². The maximum Gasteiger partial charge on any atom is 0.262 e. The fraction of sp³-hybridized carbons (Fsp3) is 0.556. The molecule has 2 aliphatic rings. The molecule has 0 unspecified atom stereocenters. The molecule has 0 spiro atoms. The van der Waals surface area contributed by atoms with E-state index in [0.29, 0.717) is 6.04 Å². The molecule has 7 nitrogen and oxygen atoms in total. The number of hydrogen-bond donors (Lipinski definition) is 3. The van der Waals surface area contributed by atoms with Crippen molar-refractivity contribution in [2.24, 2.45) is 21.5 Å². The number of carbonyl (C=O) groups excluding carboxylic acids is 2. The van der Waals surface area contributed by atoms with Crippen LogP contribution in [0.4, 0.5) is 0 Å². The number of thioether (sulfide) groups is 1. The SMILES string of the molecule is NC(N)=NC1=NC(=O)[C@H](CC(=O)NC2CC2)S1. The van der Waals surface area contributed by atoms with Gasteiger partial charge in [-0.2, -0.15) is 9.98 Å². The van der Waals surface area contributed by atoms with Gasteiger partial charge >= 0.3 is 0 Å². The summed E-state index contributed by atoms with van der Waals surface area (Å²) in [5, 5.41) is 2.53. The van der Waals surface area contributed by atoms with E-state index in [-0.39, 0.29) is 29.4 Å². The van der Waals surface area contributed by atoms with Gasteiger partial charge in [-0.3, -0.25) is 9.59 Å². The molecule has 1 aliphatic heterocycles. The summed E-state index contributed by atoms with van der Waals surface area (Å²) in [6.45, 7) is 0. The summed E-state index contributed by atoms with van der Waals surface area (Å²) in [4.78, 5) is 30.3. The zero-order chi connectivity index (χ0) is 12.4. The maximum atomic E-state index is 11.5. The average molecular weight is 255 g/mol. The van der Waals surface area contributed by atoms with Crippen molar-refractivity contribution in [1.29, 1.82) is 0 Å². The van der Waals surface area contributed by atoms with Crippen molar-refractivity contribution in [2.75, 3.05) is 0 Å². The summed E-state index contributed by atoms with van der Waals surface area (Å²) in [6, 6.07) is 0.294. The van der Waals surface area contributed by atoms with Crippen LogP contribution in [-0.4, -0.2) is 34.2 Å². The van der Waals surface area contributed by atoms with Gasteiger partial charge in [0, 0.05) is 12.5 Å². The maximum absolute atomic E-state index is 11.5. The molecule has 0 aromatic heterocycles. The number of aliphatic imine (C=N–C) groups is 2. The molecule has 0 radical (unpaired) electrons. The summed E-state index contributed by atoms with van der Waals surface area (Å²) in [5.74, 6) is -0.632. The molecule has 5 N–H and O–H groups in total. The Morgan fingerprint density at radius 2 is 2.24 bits per heavy atom. The molecule has 1 heterocycles. The number of nitrogens with two attached hydrogens (primary N) is 2. The van der Waals surface area contributed by atoms with Crippen molar-refractivity contribution in [3.8, 4) is 0 Å². The molecule has 1 saturated carbocycles. The second-order valence-electron chi connectivity index (χ2n) is 3.92. The Hall–Kier alpha value is -1.57. The van der Waals surface area contributed by atoms with Crippen molar-refractivity contribution in [1.82, 2.24) is 5.32 Å². The normalized spacial score (nSPS) is 23.2. The van der Waals surface area contributed by atoms with Crippen molar-refractivity contribution in [2.45, 2.75) is 30.6 Å². The van der Waals surface area contributed by atoms with E-state index in [4.69, 9.17) is 11.5 Å². The summed E-state index contributed by atoms with van der Waals surface area (Å²) in [7, 11) is 0. The fourth-order valence-corrected chi connectivity index (χ4v) is 2.29. The Bertz CT molecular complexity index is 412. The van der Waals surface area contributed by atoms with Crippen molar-refractivity contribution < 1.29 is 9.59 Å². The van der Waals surface area contributed by atoms with Gasteiger partial charge in [0.15, 0.2) is 11.1 Å². The highest BCUT2D eigenvalue weighted by molar-refractivity contribution is 8.15. The highest BCUT2D eigenvalue weighted by atomic mass is 32.2. The topological polar surface area (TPSA) is 123 Å². The van der Waals surface area contributed by atoms with Crippen molar-refractivity contribution in [3.05, 3.63) is 0 Å². The van der Waals surface area contributed by atoms with Crippen LogP contribution in [0.2, 0.25) is 0 Å². The fourth-order valence-electron chi connectivity index (χ4n) is 1.34. The first-order valence-electron chi connectivity index (χ1n) is 5.23. The van der Waals surface area contributed by atoms with Crippen LogP contribution in [0, 0.1) is 0 Å². The number of hydrogen-bond acceptors (Lipinski definition) is 4. The van der Waals surface area contributed by atoms with E-state index in [2.05, 4.69) is 15.3 Å². The second kappa shape index (κ2) is 4.74. The van der Waals surface area contributed by atoms with E-state index in [0.717, 1.165) is 24.6 Å². The summed E-state index contributed by atoms with van der Waals surface area (Å²) in [6.07, 6.45) is 2.16. The van der Waals surface area contributed by atoms with Gasteiger partial charge in [0.2, 0.25) is 5.91 Å². The number of carbonyl (C=O) groups is 2. The molecule has 1 aliphatic carbocycles. The lowest BCUT2D eigenvalue weighted by atomic mass is 10.3. The van der Waals surface area contributed by atoms with Crippen LogP contribution in [0.1, 0.15) is 19.3 Å². The minimum absolute atomic E-state index is 0.118. The molecule has 2 amide bonds. The van der Waals surface area contributed by atoms with E-state index in [9.17, 15) is 9.59 Å². The zero-order valence-electron chi connectivity index (χ0n) is 9.05. The number of rotatable bonds is 3. The Morgan fingerprint density at radius 1 is 1.53 bits per heavy atom. The predicted molar refractivity (Wildman–Crippen MR) is 65.4 cm³/mol. The van der Waals surface area contributed by atoms with Crippen LogP contribution in [-0.2, 0) is 9.59 Å². The molecule has 0 bridgehead atoms. The van der Waals surface area contributed by atoms with Gasteiger partial charge in [-0.15, -0.1) is 0 Å². The van der Waals surface area contributed by atoms with Gasteiger partial charge in [-0.1, -0.05) is 11.8 Å². The summed E-state index contributed by atoms with van der Waals surface area (Å²) in [5.41, 5.74) is 10.4. The molecule has 0 aromatic carbocycles. The first-order chi connectivity index (χ1) is 8.04. The molecular formula is C9H13N5O2S. The van der Waals surface area contributed by atoms with Crippen molar-refractivity contribution in [3.63, 3.8) is 0 Å². The molecule has 8 heteroatoms. The first kappa shape index (κ1) is 11.9. The molecule has 1 atom stereocenters. The number of guanidine groups is 1. The highest BCUT2D eigenvalue weighted by Gasteiger charge is 2.32. The van der Waals surface area contributed by atoms with E-state index < -0.39 is 5.25 Å². The smallest absolute Gasteiger partial charge is 0.262 e. The third kappa shape index (κ3) is 3.45.